The van der Waals surface area contributed by atoms with Crippen LogP contribution in [0.5, 0.6) is 0 Å². The number of carbonyl (C=O) groups is 2. The zero-order chi connectivity index (χ0) is 16.1. The van der Waals surface area contributed by atoms with E-state index in [4.69, 9.17) is 4.74 Å². The Morgan fingerprint density at radius 2 is 1.91 bits per heavy atom. The van der Waals surface area contributed by atoms with Crippen LogP contribution < -0.4 is 5.32 Å². The number of hydrogen-bond acceptors (Lipinski definition) is 5. The van der Waals surface area contributed by atoms with E-state index in [1.807, 2.05) is 13.8 Å². The Kier molecular flexibility index (Phi) is 4.83. The fourth-order valence-electron chi connectivity index (χ4n) is 1.81. The van der Waals surface area contributed by atoms with E-state index < -0.39 is 5.97 Å². The number of fused-ring (bicyclic) bond motifs is 1. The van der Waals surface area contributed by atoms with Crippen molar-refractivity contribution in [3.05, 3.63) is 47.8 Å². The SMILES string of the molecule is C=CCNC(=O)COC(=O)c1ccc2nc(C)c(C)nc2c1. The zero-order valence-electron chi connectivity index (χ0n) is 12.5. The Morgan fingerprint density at radius 3 is 2.59 bits per heavy atom. The van der Waals surface area contributed by atoms with Crippen LogP contribution in [0.3, 0.4) is 0 Å². The molecule has 114 valence electrons. The van der Waals surface area contributed by atoms with E-state index in [9.17, 15) is 9.59 Å². The summed E-state index contributed by atoms with van der Waals surface area (Å²) in [6, 6.07) is 4.93. The molecule has 0 aliphatic carbocycles. The van der Waals surface area contributed by atoms with Gasteiger partial charge in [-0.3, -0.25) is 4.79 Å². The molecule has 1 aromatic carbocycles. The maximum Gasteiger partial charge on any atom is 0.338 e. The van der Waals surface area contributed by atoms with E-state index >= 15 is 0 Å². The number of esters is 1. The molecule has 1 N–H and O–H groups in total. The Labute approximate surface area is 128 Å². The minimum absolute atomic E-state index is 0.330. The van der Waals surface area contributed by atoms with Gasteiger partial charge in [0.25, 0.3) is 5.91 Å². The number of rotatable bonds is 5. The third-order valence-electron chi connectivity index (χ3n) is 3.09. The number of nitrogens with one attached hydrogen (secondary N) is 1. The summed E-state index contributed by atoms with van der Waals surface area (Å²) in [6.07, 6.45) is 1.55. The van der Waals surface area contributed by atoms with Crippen molar-refractivity contribution in [3.8, 4) is 0 Å². The number of carbonyl (C=O) groups excluding carboxylic acids is 2. The van der Waals surface area contributed by atoms with Crippen molar-refractivity contribution in [2.45, 2.75) is 13.8 Å². The fourth-order valence-corrected chi connectivity index (χ4v) is 1.81. The summed E-state index contributed by atoms with van der Waals surface area (Å²) >= 11 is 0. The van der Waals surface area contributed by atoms with E-state index in [0.29, 0.717) is 23.1 Å². The zero-order valence-corrected chi connectivity index (χ0v) is 12.5. The van der Waals surface area contributed by atoms with Crippen LogP contribution in [0.25, 0.3) is 11.0 Å². The van der Waals surface area contributed by atoms with Crippen molar-refractivity contribution in [2.24, 2.45) is 0 Å². The highest BCUT2D eigenvalue weighted by molar-refractivity contribution is 5.94. The number of hydrogen-bond donors (Lipinski definition) is 1. The average Bonchev–Trinajstić information content (AvgIpc) is 2.51. The molecule has 6 nitrogen and oxygen atoms in total. The predicted molar refractivity (Wildman–Crippen MR) is 82.5 cm³/mol. The lowest BCUT2D eigenvalue weighted by Crippen LogP contribution is -2.28. The normalized spacial score (nSPS) is 10.3. The Bertz CT molecular complexity index is 741. The first kappa shape index (κ1) is 15.6. The molecule has 1 heterocycles. The van der Waals surface area contributed by atoms with Gasteiger partial charge in [0.15, 0.2) is 6.61 Å². The monoisotopic (exact) mass is 299 g/mol. The van der Waals surface area contributed by atoms with Gasteiger partial charge in [0, 0.05) is 6.54 Å². The van der Waals surface area contributed by atoms with Crippen molar-refractivity contribution in [2.75, 3.05) is 13.2 Å². The summed E-state index contributed by atoms with van der Waals surface area (Å²) in [6.45, 7) is 7.22. The Hall–Kier alpha value is -2.76. The van der Waals surface area contributed by atoms with Gasteiger partial charge in [-0.15, -0.1) is 6.58 Å². The third-order valence-corrected chi connectivity index (χ3v) is 3.09. The van der Waals surface area contributed by atoms with Crippen LogP contribution in [0.1, 0.15) is 21.7 Å². The highest BCUT2D eigenvalue weighted by Gasteiger charge is 2.11. The van der Waals surface area contributed by atoms with Crippen LogP contribution in [-0.4, -0.2) is 35.0 Å². The summed E-state index contributed by atoms with van der Waals surface area (Å²) in [5, 5.41) is 2.53. The summed E-state index contributed by atoms with van der Waals surface area (Å²) in [5.74, 6) is -0.948. The van der Waals surface area contributed by atoms with Crippen molar-refractivity contribution >= 4 is 22.9 Å². The van der Waals surface area contributed by atoms with Gasteiger partial charge in [-0.2, -0.15) is 0 Å². The molecule has 0 spiro atoms. The summed E-state index contributed by atoms with van der Waals surface area (Å²) < 4.78 is 4.96. The Morgan fingerprint density at radius 1 is 1.23 bits per heavy atom. The summed E-state index contributed by atoms with van der Waals surface area (Å²) in [7, 11) is 0. The maximum atomic E-state index is 11.9. The third kappa shape index (κ3) is 3.66. The van der Waals surface area contributed by atoms with Gasteiger partial charge in [-0.25, -0.2) is 14.8 Å². The second kappa shape index (κ2) is 6.80. The molecule has 0 atom stereocenters. The number of ether oxygens (including phenoxy) is 1. The van der Waals surface area contributed by atoms with Crippen LogP contribution in [0.2, 0.25) is 0 Å². The standard InChI is InChI=1S/C16H17N3O3/c1-4-7-17-15(20)9-22-16(21)12-5-6-13-14(8-12)19-11(3)10(2)18-13/h4-6,8H,1,7,9H2,2-3H3,(H,17,20). The molecule has 0 unspecified atom stereocenters. The van der Waals surface area contributed by atoms with E-state index in [1.165, 1.54) is 0 Å². The number of amides is 1. The van der Waals surface area contributed by atoms with E-state index in [1.54, 1.807) is 24.3 Å². The van der Waals surface area contributed by atoms with Crippen LogP contribution in [0.4, 0.5) is 0 Å². The molecule has 0 saturated heterocycles. The molecule has 22 heavy (non-hydrogen) atoms. The second-order valence-corrected chi connectivity index (χ2v) is 4.77. The van der Waals surface area contributed by atoms with Crippen LogP contribution in [-0.2, 0) is 9.53 Å². The van der Waals surface area contributed by atoms with Crippen molar-refractivity contribution in [1.29, 1.82) is 0 Å². The van der Waals surface area contributed by atoms with Gasteiger partial charge in [0.1, 0.15) is 0 Å². The molecular formula is C16H17N3O3. The number of aryl methyl sites for hydroxylation is 2. The first-order valence-electron chi connectivity index (χ1n) is 6.81. The van der Waals surface area contributed by atoms with E-state index in [-0.39, 0.29) is 12.5 Å². The van der Waals surface area contributed by atoms with Crippen molar-refractivity contribution in [3.63, 3.8) is 0 Å². The minimum atomic E-state index is -0.573. The quantitative estimate of drug-likeness (QED) is 0.671. The van der Waals surface area contributed by atoms with Crippen LogP contribution in [0.15, 0.2) is 30.9 Å². The van der Waals surface area contributed by atoms with Gasteiger partial charge in [0.05, 0.1) is 28.0 Å². The van der Waals surface area contributed by atoms with Gasteiger partial charge in [-0.1, -0.05) is 6.08 Å². The van der Waals surface area contributed by atoms with Gasteiger partial charge < -0.3 is 10.1 Å². The number of aromatic nitrogens is 2. The molecule has 0 bridgehead atoms. The predicted octanol–water partition coefficient (Wildman–Crippen LogP) is 1.71. The smallest absolute Gasteiger partial charge is 0.338 e. The van der Waals surface area contributed by atoms with Gasteiger partial charge >= 0.3 is 5.97 Å². The van der Waals surface area contributed by atoms with Crippen molar-refractivity contribution in [1.82, 2.24) is 15.3 Å². The molecule has 0 aliphatic heterocycles. The largest absolute Gasteiger partial charge is 0.452 e. The number of nitrogens with zero attached hydrogens (tertiary/aromatic N) is 2. The lowest BCUT2D eigenvalue weighted by molar-refractivity contribution is -0.124. The average molecular weight is 299 g/mol. The number of benzene rings is 1. The second-order valence-electron chi connectivity index (χ2n) is 4.77. The van der Waals surface area contributed by atoms with Crippen LogP contribution in [0, 0.1) is 13.8 Å². The summed E-state index contributed by atoms with van der Waals surface area (Å²) in [5.41, 5.74) is 3.32. The molecule has 0 saturated carbocycles. The van der Waals surface area contributed by atoms with Crippen molar-refractivity contribution < 1.29 is 14.3 Å². The Balaban J connectivity index is 2.10. The van der Waals surface area contributed by atoms with Gasteiger partial charge in [0.2, 0.25) is 0 Å². The molecular weight excluding hydrogens is 282 g/mol. The lowest BCUT2D eigenvalue weighted by Gasteiger charge is -2.06. The van der Waals surface area contributed by atoms with E-state index in [0.717, 1.165) is 11.4 Å². The maximum absolute atomic E-state index is 11.9. The van der Waals surface area contributed by atoms with Gasteiger partial charge in [-0.05, 0) is 32.0 Å². The first-order valence-corrected chi connectivity index (χ1v) is 6.81. The first-order chi connectivity index (χ1) is 10.5. The molecule has 1 amide bonds. The minimum Gasteiger partial charge on any atom is -0.452 e. The highest BCUT2D eigenvalue weighted by Crippen LogP contribution is 2.15. The molecule has 6 heteroatoms. The highest BCUT2D eigenvalue weighted by atomic mass is 16.5. The lowest BCUT2D eigenvalue weighted by atomic mass is 10.2. The molecule has 1 aromatic heterocycles. The topological polar surface area (TPSA) is 81.2 Å². The van der Waals surface area contributed by atoms with E-state index in [2.05, 4.69) is 21.9 Å². The molecule has 0 fully saturated rings. The molecule has 0 aliphatic rings. The molecule has 2 rings (SSSR count). The molecule has 2 aromatic rings. The summed E-state index contributed by atoms with van der Waals surface area (Å²) in [4.78, 5) is 32.1. The fraction of sp³-hybridized carbons (Fsp3) is 0.250. The van der Waals surface area contributed by atoms with Crippen LogP contribution >= 0.6 is 0 Å². The molecule has 0 radical (unpaired) electrons.